The van der Waals surface area contributed by atoms with E-state index in [-0.39, 0.29) is 39.4 Å². The van der Waals surface area contributed by atoms with E-state index in [0.717, 1.165) is 4.57 Å². The minimum absolute atomic E-state index is 0.170. The lowest BCUT2D eigenvalue weighted by Crippen LogP contribution is -2.56. The highest BCUT2D eigenvalue weighted by Crippen LogP contribution is 2.35. The molecule has 1 aromatic heterocycles. The second-order valence-corrected chi connectivity index (χ2v) is 11.2. The Kier molecular flexibility index (Phi) is 8.83. The molecule has 5 aromatic rings. The van der Waals surface area contributed by atoms with Crippen LogP contribution >= 0.6 is 27.5 Å². The highest BCUT2D eigenvalue weighted by atomic mass is 79.9. The number of carbonyl (C=O) groups excluding carboxylic acids is 3. The lowest BCUT2D eigenvalue weighted by molar-refractivity contribution is -0.212. The van der Waals surface area contributed by atoms with Gasteiger partial charge in [-0.25, -0.2) is 23.7 Å². The molecule has 1 fully saturated rings. The third-order valence-electron chi connectivity index (χ3n) is 7.09. The summed E-state index contributed by atoms with van der Waals surface area (Å²) in [7, 11) is 0. The Morgan fingerprint density at radius 3 is 1.76 bits per heavy atom. The molecule has 2 heterocycles. The van der Waals surface area contributed by atoms with Crippen molar-refractivity contribution in [3.05, 3.63) is 140 Å². The third kappa shape index (κ3) is 6.41. The molecule has 1 aliphatic heterocycles. The van der Waals surface area contributed by atoms with E-state index in [2.05, 4.69) is 15.9 Å². The molecule has 45 heavy (non-hydrogen) atoms. The van der Waals surface area contributed by atoms with Crippen molar-refractivity contribution < 1.29 is 37.7 Å². The van der Waals surface area contributed by atoms with Crippen molar-refractivity contribution in [2.24, 2.45) is 0 Å². The van der Waals surface area contributed by atoms with Gasteiger partial charge in [-0.2, -0.15) is 0 Å². The average molecular weight is 693 g/mol. The summed E-state index contributed by atoms with van der Waals surface area (Å²) in [5, 5.41) is 0.271. The van der Waals surface area contributed by atoms with Gasteiger partial charge in [0.2, 0.25) is 0 Å². The number of nitrogens with zero attached hydrogens (tertiary/aromatic N) is 1. The first kappa shape index (κ1) is 30.3. The monoisotopic (exact) mass is 691 g/mol. The van der Waals surface area contributed by atoms with Crippen LogP contribution in [0, 0.1) is 0 Å². The molecule has 0 aliphatic carbocycles. The molecule has 0 spiro atoms. The predicted octanol–water partition coefficient (Wildman–Crippen LogP) is 6.22. The van der Waals surface area contributed by atoms with E-state index >= 15 is 0 Å². The molecular weight excluding hydrogens is 670 g/mol. The van der Waals surface area contributed by atoms with Gasteiger partial charge in [0.05, 0.1) is 33.8 Å². The summed E-state index contributed by atoms with van der Waals surface area (Å²) >= 11 is 9.67. The summed E-state index contributed by atoms with van der Waals surface area (Å²) in [4.78, 5) is 53.3. The zero-order chi connectivity index (χ0) is 31.5. The Hall–Kier alpha value is -4.71. The summed E-state index contributed by atoms with van der Waals surface area (Å²) in [5.41, 5.74) is 1.02. The van der Waals surface area contributed by atoms with Gasteiger partial charge in [-0.05, 0) is 64.5 Å². The van der Waals surface area contributed by atoms with Gasteiger partial charge in [-0.3, -0.25) is 0 Å². The van der Waals surface area contributed by atoms with Crippen molar-refractivity contribution >= 4 is 56.5 Å². The van der Waals surface area contributed by atoms with Gasteiger partial charge in [0, 0.05) is 4.47 Å². The number of hydrogen-bond donors (Lipinski definition) is 0. The highest BCUT2D eigenvalue weighted by Gasteiger charge is 2.50. The number of ether oxygens (including phenoxy) is 4. The number of hydrogen-bond acceptors (Lipinski definition) is 9. The first-order valence-corrected chi connectivity index (χ1v) is 14.9. The Bertz CT molecular complexity index is 1910. The summed E-state index contributed by atoms with van der Waals surface area (Å²) in [6, 6.07) is 27.4. The highest BCUT2D eigenvalue weighted by molar-refractivity contribution is 9.10. The van der Waals surface area contributed by atoms with E-state index in [0.29, 0.717) is 4.47 Å². The SMILES string of the molecule is O=C(O[C@@H]1[C@H](OC(=O)c2ccccc2)[C@H](OC(=O)c2ccccc2)CO[C@H]1n1c(=O)oc2cc(Br)c(Cl)cc21)c1ccccc1. The quantitative estimate of drug-likeness (QED) is 0.145. The normalized spacial score (nSPS) is 19.5. The van der Waals surface area contributed by atoms with E-state index in [9.17, 15) is 19.2 Å². The van der Waals surface area contributed by atoms with Gasteiger partial charge in [0.25, 0.3) is 0 Å². The minimum atomic E-state index is -1.51. The molecule has 0 N–H and O–H groups in total. The molecule has 10 nitrogen and oxygen atoms in total. The minimum Gasteiger partial charge on any atom is -0.452 e. The van der Waals surface area contributed by atoms with Crippen LogP contribution in [0.2, 0.25) is 5.02 Å². The van der Waals surface area contributed by atoms with Crippen LogP contribution in [0.5, 0.6) is 0 Å². The molecule has 1 saturated heterocycles. The molecular formula is C33H23BrClNO9. The summed E-state index contributed by atoms with van der Waals surface area (Å²) in [5.74, 6) is -3.15. The molecule has 0 unspecified atom stereocenters. The number of benzene rings is 4. The fourth-order valence-electron chi connectivity index (χ4n) is 4.93. The van der Waals surface area contributed by atoms with Crippen molar-refractivity contribution in [1.82, 2.24) is 4.57 Å². The second-order valence-electron chi connectivity index (χ2n) is 9.98. The number of carbonyl (C=O) groups is 3. The standard InChI is InChI=1S/C33H23BrClNO9/c34-22-16-25-24(17-23(22)35)36(33(40)43-25)29-28(45-32(39)21-14-8-3-9-15-21)27(44-31(38)20-12-6-2-7-13-20)26(18-41-29)42-30(37)19-10-4-1-5-11-19/h1-17,26-29H,18H2/t26-,27-,28-,29-/m1/s1. The van der Waals surface area contributed by atoms with Gasteiger partial charge in [0.15, 0.2) is 30.1 Å². The van der Waals surface area contributed by atoms with Crippen LogP contribution in [-0.4, -0.2) is 47.4 Å². The molecule has 228 valence electrons. The number of oxazole rings is 1. The zero-order valence-electron chi connectivity index (χ0n) is 23.2. The predicted molar refractivity (Wildman–Crippen MR) is 165 cm³/mol. The number of fused-ring (bicyclic) bond motifs is 1. The summed E-state index contributed by atoms with van der Waals surface area (Å²) in [6.45, 7) is -0.335. The first-order chi connectivity index (χ1) is 21.8. The molecule has 6 rings (SSSR count). The van der Waals surface area contributed by atoms with E-state index in [1.54, 1.807) is 78.9 Å². The largest absolute Gasteiger partial charge is 0.452 e. The molecule has 0 radical (unpaired) electrons. The topological polar surface area (TPSA) is 123 Å². The fraction of sp³-hybridized carbons (Fsp3) is 0.152. The van der Waals surface area contributed by atoms with Crippen LogP contribution in [0.3, 0.4) is 0 Å². The number of halogens is 2. The van der Waals surface area contributed by atoms with Crippen LogP contribution in [0.4, 0.5) is 0 Å². The molecule has 0 saturated carbocycles. The lowest BCUT2D eigenvalue weighted by Gasteiger charge is -2.40. The third-order valence-corrected chi connectivity index (χ3v) is 8.28. The number of rotatable bonds is 7. The zero-order valence-corrected chi connectivity index (χ0v) is 25.6. The Balaban J connectivity index is 1.45. The van der Waals surface area contributed by atoms with Crippen molar-refractivity contribution in [3.8, 4) is 0 Å². The molecule has 1 aliphatic rings. The maximum absolute atomic E-state index is 13.5. The van der Waals surface area contributed by atoms with Crippen molar-refractivity contribution in [3.63, 3.8) is 0 Å². The molecule has 12 heteroatoms. The van der Waals surface area contributed by atoms with Gasteiger partial charge < -0.3 is 23.4 Å². The smallest absolute Gasteiger partial charge is 0.422 e. The maximum Gasteiger partial charge on any atom is 0.422 e. The van der Waals surface area contributed by atoms with Crippen molar-refractivity contribution in [1.29, 1.82) is 0 Å². The van der Waals surface area contributed by atoms with Gasteiger partial charge in [0.1, 0.15) is 0 Å². The van der Waals surface area contributed by atoms with Crippen LogP contribution in [0.25, 0.3) is 11.1 Å². The van der Waals surface area contributed by atoms with Crippen LogP contribution in [0.1, 0.15) is 37.3 Å². The van der Waals surface area contributed by atoms with E-state index < -0.39 is 48.2 Å². The lowest BCUT2D eigenvalue weighted by atomic mass is 10.0. The Morgan fingerprint density at radius 2 is 1.22 bits per heavy atom. The van der Waals surface area contributed by atoms with Crippen LogP contribution < -0.4 is 5.76 Å². The van der Waals surface area contributed by atoms with E-state index in [4.69, 9.17) is 35.0 Å². The fourth-order valence-corrected chi connectivity index (χ4v) is 5.41. The van der Waals surface area contributed by atoms with Crippen molar-refractivity contribution in [2.75, 3.05) is 6.61 Å². The second kappa shape index (κ2) is 13.1. The molecule has 4 aromatic carbocycles. The van der Waals surface area contributed by atoms with E-state index in [1.165, 1.54) is 24.3 Å². The summed E-state index contributed by atoms with van der Waals surface area (Å²) < 4.78 is 30.9. The van der Waals surface area contributed by atoms with E-state index in [1.807, 2.05) is 0 Å². The summed E-state index contributed by atoms with van der Waals surface area (Å²) in [6.07, 6.45) is -5.57. The maximum atomic E-state index is 13.5. The molecule has 4 atom stereocenters. The average Bonchev–Trinajstić information content (AvgIpc) is 3.37. The van der Waals surface area contributed by atoms with Crippen molar-refractivity contribution in [2.45, 2.75) is 24.5 Å². The molecule has 0 amide bonds. The van der Waals surface area contributed by atoms with Crippen LogP contribution in [0.15, 0.2) is 117 Å². The number of esters is 3. The Morgan fingerprint density at radius 1 is 0.733 bits per heavy atom. The first-order valence-electron chi connectivity index (χ1n) is 13.7. The van der Waals surface area contributed by atoms with Crippen LogP contribution in [-0.2, 0) is 18.9 Å². The van der Waals surface area contributed by atoms with Gasteiger partial charge in [-0.1, -0.05) is 66.2 Å². The Labute approximate surface area is 269 Å². The van der Waals surface area contributed by atoms with Gasteiger partial charge >= 0.3 is 23.7 Å². The number of aromatic nitrogens is 1. The van der Waals surface area contributed by atoms with Gasteiger partial charge in [-0.15, -0.1) is 0 Å². The molecule has 0 bridgehead atoms.